The molecule has 1 aromatic rings. The van der Waals surface area contributed by atoms with E-state index in [1.807, 2.05) is 24.3 Å². The summed E-state index contributed by atoms with van der Waals surface area (Å²) in [5.41, 5.74) is 0. The molecule has 1 aromatic carbocycles. The van der Waals surface area contributed by atoms with Gasteiger partial charge < -0.3 is 9.47 Å². The third-order valence-corrected chi connectivity index (χ3v) is 7.23. The fourth-order valence-electron chi connectivity index (χ4n) is 5.05. The third kappa shape index (κ3) is 8.93. The van der Waals surface area contributed by atoms with Crippen LogP contribution in [0.4, 0.5) is 0 Å². The quantitative estimate of drug-likeness (QED) is 0.344. The van der Waals surface area contributed by atoms with Crippen molar-refractivity contribution in [2.24, 2.45) is 23.7 Å². The summed E-state index contributed by atoms with van der Waals surface area (Å²) in [6, 6.07) is 8.05. The summed E-state index contributed by atoms with van der Waals surface area (Å²) in [4.78, 5) is 0. The van der Waals surface area contributed by atoms with Gasteiger partial charge in [-0.15, -0.1) is 0 Å². The van der Waals surface area contributed by atoms with Gasteiger partial charge >= 0.3 is 0 Å². The maximum atomic E-state index is 6.03. The van der Waals surface area contributed by atoms with Crippen molar-refractivity contribution in [2.45, 2.75) is 90.9 Å². The maximum absolute atomic E-state index is 6.03. The van der Waals surface area contributed by atoms with Crippen molar-refractivity contribution in [3.63, 3.8) is 0 Å². The Hall–Kier alpha value is -1.88. The van der Waals surface area contributed by atoms with Crippen LogP contribution >= 0.6 is 0 Å². The first-order chi connectivity index (χ1) is 15.8. The highest BCUT2D eigenvalue weighted by molar-refractivity contribution is 5.31. The van der Waals surface area contributed by atoms with Crippen LogP contribution in [0.15, 0.2) is 36.4 Å². The van der Waals surface area contributed by atoms with Crippen LogP contribution in [0.3, 0.4) is 0 Å². The molecule has 2 fully saturated rings. The summed E-state index contributed by atoms with van der Waals surface area (Å²) in [6.45, 7) is 6.00. The molecule has 0 spiro atoms. The Bertz CT molecular complexity index is 707. The molecule has 2 aliphatic carbocycles. The van der Waals surface area contributed by atoms with Crippen LogP contribution in [0.5, 0.6) is 11.5 Å². The van der Waals surface area contributed by atoms with Crippen molar-refractivity contribution in [2.75, 3.05) is 13.2 Å². The molecular weight excluding hydrogens is 392 g/mol. The summed E-state index contributed by atoms with van der Waals surface area (Å²) in [5, 5.41) is 0. The van der Waals surface area contributed by atoms with Gasteiger partial charge in [-0.1, -0.05) is 51.0 Å². The van der Waals surface area contributed by atoms with Crippen molar-refractivity contribution in [1.29, 1.82) is 0 Å². The normalized spacial score (nSPS) is 25.8. The zero-order valence-electron chi connectivity index (χ0n) is 20.5. The highest BCUT2D eigenvalue weighted by Gasteiger charge is 2.21. The third-order valence-electron chi connectivity index (χ3n) is 7.23. The van der Waals surface area contributed by atoms with Gasteiger partial charge in [0.15, 0.2) is 0 Å². The summed E-state index contributed by atoms with van der Waals surface area (Å²) >= 11 is 0. The molecule has 0 heterocycles. The lowest BCUT2D eigenvalue weighted by atomic mass is 9.80. The lowest BCUT2D eigenvalue weighted by Crippen LogP contribution is -2.19. The predicted octanol–water partition coefficient (Wildman–Crippen LogP) is 8.22. The molecule has 3 rings (SSSR count). The maximum Gasteiger partial charge on any atom is 0.119 e. The summed E-state index contributed by atoms with van der Waals surface area (Å²) < 4.78 is 11.7. The van der Waals surface area contributed by atoms with E-state index >= 15 is 0 Å². The fourth-order valence-corrected chi connectivity index (χ4v) is 5.05. The van der Waals surface area contributed by atoms with Crippen LogP contribution in [-0.2, 0) is 0 Å². The van der Waals surface area contributed by atoms with Gasteiger partial charge in [-0.25, -0.2) is 0 Å². The Morgan fingerprint density at radius 2 is 1.47 bits per heavy atom. The molecule has 176 valence electrons. The van der Waals surface area contributed by atoms with Crippen molar-refractivity contribution in [3.05, 3.63) is 36.4 Å². The van der Waals surface area contributed by atoms with Gasteiger partial charge in [0.05, 0.1) is 13.2 Å². The molecule has 2 saturated carbocycles. The van der Waals surface area contributed by atoms with E-state index < -0.39 is 0 Å². The number of allylic oxidation sites excluding steroid dienone is 2. The molecule has 0 N–H and O–H groups in total. The second-order valence-corrected chi connectivity index (χ2v) is 9.92. The SMILES string of the molecule is CCCCC1CCC(C=CC#CC2CCC(COc3ccc(OCCC)cc3)CC2)CC1. The topological polar surface area (TPSA) is 18.5 Å². The highest BCUT2D eigenvalue weighted by Crippen LogP contribution is 2.32. The molecule has 0 atom stereocenters. The molecule has 2 nitrogen and oxygen atoms in total. The number of unbranched alkanes of at least 4 members (excludes halogenated alkanes) is 1. The predicted molar refractivity (Wildman–Crippen MR) is 135 cm³/mol. The van der Waals surface area contributed by atoms with Gasteiger partial charge in [0.1, 0.15) is 11.5 Å². The van der Waals surface area contributed by atoms with Gasteiger partial charge in [0.2, 0.25) is 0 Å². The Labute approximate surface area is 197 Å². The van der Waals surface area contributed by atoms with Crippen LogP contribution in [-0.4, -0.2) is 13.2 Å². The van der Waals surface area contributed by atoms with Gasteiger partial charge in [0, 0.05) is 5.92 Å². The van der Waals surface area contributed by atoms with E-state index in [9.17, 15) is 0 Å². The molecule has 0 amide bonds. The van der Waals surface area contributed by atoms with E-state index in [0.717, 1.165) is 43.0 Å². The molecular formula is C30H44O2. The molecule has 0 radical (unpaired) electrons. The average molecular weight is 437 g/mol. The zero-order chi connectivity index (χ0) is 22.4. The van der Waals surface area contributed by atoms with Crippen molar-refractivity contribution < 1.29 is 9.47 Å². The van der Waals surface area contributed by atoms with Crippen molar-refractivity contribution >= 4 is 0 Å². The minimum absolute atomic E-state index is 0.565. The van der Waals surface area contributed by atoms with Gasteiger partial charge in [-0.05, 0) is 106 Å². The standard InChI is InChI=1S/C30H44O2/c1-3-5-8-25-11-13-26(14-12-25)9-6-7-10-27-15-17-28(18-16-27)24-32-30-21-19-29(20-22-30)31-23-4-2/h6,9,19-22,25-28H,3-5,8,11-18,23-24H2,1-2H3. The van der Waals surface area contributed by atoms with E-state index in [0.29, 0.717) is 11.8 Å². The molecule has 0 aromatic heterocycles. The molecule has 0 bridgehead atoms. The number of ether oxygens (including phenoxy) is 2. The molecule has 32 heavy (non-hydrogen) atoms. The van der Waals surface area contributed by atoms with E-state index in [1.54, 1.807) is 0 Å². The zero-order valence-corrected chi connectivity index (χ0v) is 20.5. The van der Waals surface area contributed by atoms with E-state index in [-0.39, 0.29) is 0 Å². The first-order valence-corrected chi connectivity index (χ1v) is 13.3. The van der Waals surface area contributed by atoms with Crippen molar-refractivity contribution in [1.82, 2.24) is 0 Å². The molecule has 0 unspecified atom stereocenters. The second-order valence-electron chi connectivity index (χ2n) is 9.92. The van der Waals surface area contributed by atoms with Crippen molar-refractivity contribution in [3.8, 4) is 23.3 Å². The second kappa shape index (κ2) is 14.3. The van der Waals surface area contributed by atoms with Gasteiger partial charge in [-0.2, -0.15) is 0 Å². The van der Waals surface area contributed by atoms with Crippen LogP contribution in [0.2, 0.25) is 0 Å². The summed E-state index contributed by atoms with van der Waals surface area (Å²) in [7, 11) is 0. The molecule has 0 aliphatic heterocycles. The number of rotatable bonds is 10. The minimum atomic E-state index is 0.565. The largest absolute Gasteiger partial charge is 0.494 e. The first kappa shape index (κ1) is 24.8. The van der Waals surface area contributed by atoms with Gasteiger partial charge in [0.25, 0.3) is 0 Å². The van der Waals surface area contributed by atoms with E-state index in [2.05, 4.69) is 37.8 Å². The smallest absolute Gasteiger partial charge is 0.119 e. The van der Waals surface area contributed by atoms with Crippen LogP contribution < -0.4 is 9.47 Å². The lowest BCUT2D eigenvalue weighted by Gasteiger charge is -2.26. The highest BCUT2D eigenvalue weighted by atomic mass is 16.5. The van der Waals surface area contributed by atoms with E-state index in [4.69, 9.17) is 9.47 Å². The van der Waals surface area contributed by atoms with Gasteiger partial charge in [-0.3, -0.25) is 0 Å². The number of hydrogen-bond donors (Lipinski definition) is 0. The minimum Gasteiger partial charge on any atom is -0.494 e. The number of hydrogen-bond acceptors (Lipinski definition) is 2. The Morgan fingerprint density at radius 3 is 2.12 bits per heavy atom. The molecule has 2 heteroatoms. The van der Waals surface area contributed by atoms with Crippen LogP contribution in [0, 0.1) is 35.5 Å². The first-order valence-electron chi connectivity index (χ1n) is 13.3. The summed E-state index contributed by atoms with van der Waals surface area (Å²) in [6.07, 6.45) is 20.2. The number of benzene rings is 1. The molecule has 2 aliphatic rings. The van der Waals surface area contributed by atoms with Crippen LogP contribution in [0.1, 0.15) is 90.9 Å². The van der Waals surface area contributed by atoms with E-state index in [1.165, 1.54) is 70.6 Å². The fraction of sp³-hybridized carbons (Fsp3) is 0.667. The van der Waals surface area contributed by atoms with Crippen LogP contribution in [0.25, 0.3) is 0 Å². The average Bonchev–Trinajstić information content (AvgIpc) is 2.85. The monoisotopic (exact) mass is 436 g/mol. The Morgan fingerprint density at radius 1 is 0.812 bits per heavy atom. The molecule has 0 saturated heterocycles. The lowest BCUT2D eigenvalue weighted by molar-refractivity contribution is 0.196. The summed E-state index contributed by atoms with van der Waals surface area (Å²) in [5.74, 6) is 11.7. The Kier molecular flexibility index (Phi) is 11.1. The Balaban J connectivity index is 1.29.